The second kappa shape index (κ2) is 9.11. The molecule has 0 heterocycles. The summed E-state index contributed by atoms with van der Waals surface area (Å²) < 4.78 is 0. The van der Waals surface area contributed by atoms with Crippen LogP contribution in [-0.4, -0.2) is 53.7 Å². The number of hydrogen-bond donors (Lipinski definition) is 3. The molecule has 0 unspecified atom stereocenters. The number of carboxylic acids is 1. The van der Waals surface area contributed by atoms with Crippen molar-refractivity contribution < 1.29 is 14.7 Å². The number of amides is 2. The van der Waals surface area contributed by atoms with Gasteiger partial charge in [0.15, 0.2) is 0 Å². The molecular formula is C17H33N3O3. The molecule has 3 N–H and O–H groups in total. The van der Waals surface area contributed by atoms with Gasteiger partial charge in [-0.15, -0.1) is 0 Å². The first-order valence-electron chi connectivity index (χ1n) is 8.74. The molecule has 2 amide bonds. The number of likely N-dealkylation sites (N-methyl/N-ethyl adjacent to an activating group) is 1. The predicted octanol–water partition coefficient (Wildman–Crippen LogP) is 2.15. The van der Waals surface area contributed by atoms with E-state index in [1.807, 2.05) is 11.8 Å². The van der Waals surface area contributed by atoms with Gasteiger partial charge < -0.3 is 15.7 Å². The zero-order valence-electron chi connectivity index (χ0n) is 15.1. The second-order valence-corrected chi connectivity index (χ2v) is 7.29. The van der Waals surface area contributed by atoms with Gasteiger partial charge in [-0.2, -0.15) is 0 Å². The lowest BCUT2D eigenvalue weighted by atomic mass is 9.85. The topological polar surface area (TPSA) is 81.7 Å². The van der Waals surface area contributed by atoms with E-state index < -0.39 is 5.97 Å². The average Bonchev–Trinajstić information content (AvgIpc) is 2.39. The fourth-order valence-corrected chi connectivity index (χ4v) is 3.36. The number of hydrogen-bond acceptors (Lipinski definition) is 3. The van der Waals surface area contributed by atoms with Crippen molar-refractivity contribution in [2.24, 2.45) is 17.8 Å². The first-order chi connectivity index (χ1) is 10.7. The molecule has 0 aliphatic heterocycles. The Morgan fingerprint density at radius 3 is 2.17 bits per heavy atom. The summed E-state index contributed by atoms with van der Waals surface area (Å²) in [6, 6.07) is 0.306. The number of urea groups is 1. The molecule has 0 spiro atoms. The Kier molecular flexibility index (Phi) is 7.82. The molecule has 0 aromatic carbocycles. The monoisotopic (exact) mass is 327 g/mol. The quantitative estimate of drug-likeness (QED) is 0.606. The molecule has 134 valence electrons. The summed E-state index contributed by atoms with van der Waals surface area (Å²) in [5.41, 5.74) is 0. The van der Waals surface area contributed by atoms with Crippen LogP contribution >= 0.6 is 0 Å². The standard InChI is InChI=1S/C17H33N3O3/c1-6-20(10-16(21)22)14-7-13(8-14)19-17(23)18-9-15(11(2)3)12(4)5/h11-15H,6-10H2,1-5H3,(H,21,22)(H2,18,19,23). The molecular weight excluding hydrogens is 294 g/mol. The molecule has 1 fully saturated rings. The van der Waals surface area contributed by atoms with E-state index in [4.69, 9.17) is 5.11 Å². The Balaban J connectivity index is 2.29. The Morgan fingerprint density at radius 1 is 1.17 bits per heavy atom. The molecule has 6 nitrogen and oxygen atoms in total. The van der Waals surface area contributed by atoms with Gasteiger partial charge in [-0.25, -0.2) is 4.79 Å². The van der Waals surface area contributed by atoms with Crippen LogP contribution in [0.5, 0.6) is 0 Å². The minimum absolute atomic E-state index is 0.0739. The van der Waals surface area contributed by atoms with Gasteiger partial charge in [0.1, 0.15) is 0 Å². The Labute approximate surface area is 140 Å². The van der Waals surface area contributed by atoms with Crippen molar-refractivity contribution in [3.63, 3.8) is 0 Å². The molecule has 0 bridgehead atoms. The third kappa shape index (κ3) is 6.37. The number of nitrogens with one attached hydrogen (secondary N) is 2. The summed E-state index contributed by atoms with van der Waals surface area (Å²) >= 11 is 0. The van der Waals surface area contributed by atoms with Crippen LogP contribution in [0.25, 0.3) is 0 Å². The maximum Gasteiger partial charge on any atom is 0.317 e. The fraction of sp³-hybridized carbons (Fsp3) is 0.882. The van der Waals surface area contributed by atoms with Gasteiger partial charge in [-0.1, -0.05) is 34.6 Å². The largest absolute Gasteiger partial charge is 0.480 e. The number of carboxylic acid groups (broad SMARTS) is 1. The maximum atomic E-state index is 12.0. The third-order valence-electron chi connectivity index (χ3n) is 4.92. The van der Waals surface area contributed by atoms with E-state index in [9.17, 15) is 9.59 Å². The normalized spacial score (nSPS) is 20.9. The van der Waals surface area contributed by atoms with E-state index in [0.29, 0.717) is 24.3 Å². The highest BCUT2D eigenvalue weighted by molar-refractivity contribution is 5.74. The zero-order valence-corrected chi connectivity index (χ0v) is 15.1. The van der Waals surface area contributed by atoms with E-state index in [1.165, 1.54) is 0 Å². The summed E-state index contributed by atoms with van der Waals surface area (Å²) in [6.07, 6.45) is 1.65. The molecule has 0 atom stereocenters. The second-order valence-electron chi connectivity index (χ2n) is 7.29. The van der Waals surface area contributed by atoms with Gasteiger partial charge >= 0.3 is 12.0 Å². The summed E-state index contributed by atoms with van der Waals surface area (Å²) in [7, 11) is 0. The van der Waals surface area contributed by atoms with E-state index in [0.717, 1.165) is 19.4 Å². The SMILES string of the molecule is CCN(CC(=O)O)C1CC(NC(=O)NCC(C(C)C)C(C)C)C1. The lowest BCUT2D eigenvalue weighted by Crippen LogP contribution is -2.56. The first-order valence-corrected chi connectivity index (χ1v) is 8.74. The van der Waals surface area contributed by atoms with Crippen LogP contribution in [0.1, 0.15) is 47.5 Å². The highest BCUT2D eigenvalue weighted by Crippen LogP contribution is 2.25. The van der Waals surface area contributed by atoms with Gasteiger partial charge in [-0.05, 0) is 37.1 Å². The molecule has 0 aromatic rings. The van der Waals surface area contributed by atoms with Crippen LogP contribution < -0.4 is 10.6 Å². The van der Waals surface area contributed by atoms with Crippen molar-refractivity contribution in [3.8, 4) is 0 Å². The molecule has 0 aromatic heterocycles. The fourth-order valence-electron chi connectivity index (χ4n) is 3.36. The summed E-state index contributed by atoms with van der Waals surface area (Å²) in [5.74, 6) is 0.755. The molecule has 0 saturated heterocycles. The molecule has 1 rings (SSSR count). The minimum atomic E-state index is -0.797. The van der Waals surface area contributed by atoms with E-state index in [-0.39, 0.29) is 24.7 Å². The third-order valence-corrected chi connectivity index (χ3v) is 4.92. The van der Waals surface area contributed by atoms with Crippen LogP contribution in [0, 0.1) is 17.8 Å². The Bertz CT molecular complexity index is 385. The minimum Gasteiger partial charge on any atom is -0.480 e. The number of aliphatic carboxylic acids is 1. The first kappa shape index (κ1) is 19.7. The van der Waals surface area contributed by atoms with Crippen LogP contribution in [0.4, 0.5) is 4.79 Å². The maximum absolute atomic E-state index is 12.0. The highest BCUT2D eigenvalue weighted by atomic mass is 16.4. The van der Waals surface area contributed by atoms with Crippen LogP contribution in [-0.2, 0) is 4.79 Å². The van der Waals surface area contributed by atoms with Crippen molar-refractivity contribution >= 4 is 12.0 Å². The van der Waals surface area contributed by atoms with Crippen molar-refractivity contribution in [3.05, 3.63) is 0 Å². The molecule has 0 radical (unpaired) electrons. The number of rotatable bonds is 9. The number of carbonyl (C=O) groups is 2. The lowest BCUT2D eigenvalue weighted by molar-refractivity contribution is -0.139. The van der Waals surface area contributed by atoms with Crippen molar-refractivity contribution in [1.29, 1.82) is 0 Å². The molecule has 1 aliphatic rings. The average molecular weight is 327 g/mol. The van der Waals surface area contributed by atoms with Gasteiger partial charge in [0.2, 0.25) is 0 Å². The lowest BCUT2D eigenvalue weighted by Gasteiger charge is -2.42. The smallest absolute Gasteiger partial charge is 0.317 e. The van der Waals surface area contributed by atoms with E-state index in [1.54, 1.807) is 0 Å². The highest BCUT2D eigenvalue weighted by Gasteiger charge is 2.34. The predicted molar refractivity (Wildman–Crippen MR) is 91.4 cm³/mol. The Morgan fingerprint density at radius 2 is 1.74 bits per heavy atom. The van der Waals surface area contributed by atoms with Crippen molar-refractivity contribution in [1.82, 2.24) is 15.5 Å². The van der Waals surface area contributed by atoms with Crippen LogP contribution in [0.15, 0.2) is 0 Å². The molecule has 6 heteroatoms. The molecule has 1 saturated carbocycles. The molecule has 23 heavy (non-hydrogen) atoms. The van der Waals surface area contributed by atoms with Gasteiger partial charge in [-0.3, -0.25) is 9.69 Å². The zero-order chi connectivity index (χ0) is 17.6. The summed E-state index contributed by atoms with van der Waals surface area (Å²) in [5, 5.41) is 14.8. The Hall–Kier alpha value is -1.30. The van der Waals surface area contributed by atoms with Gasteiger partial charge in [0, 0.05) is 18.6 Å². The van der Waals surface area contributed by atoms with Gasteiger partial charge in [0.05, 0.1) is 6.54 Å². The van der Waals surface area contributed by atoms with E-state index >= 15 is 0 Å². The van der Waals surface area contributed by atoms with E-state index in [2.05, 4.69) is 38.3 Å². The van der Waals surface area contributed by atoms with Gasteiger partial charge in [0.25, 0.3) is 0 Å². The molecule has 1 aliphatic carbocycles. The van der Waals surface area contributed by atoms with Crippen molar-refractivity contribution in [2.75, 3.05) is 19.6 Å². The summed E-state index contributed by atoms with van der Waals surface area (Å²) in [4.78, 5) is 24.8. The van der Waals surface area contributed by atoms with Crippen LogP contribution in [0.3, 0.4) is 0 Å². The van der Waals surface area contributed by atoms with Crippen LogP contribution in [0.2, 0.25) is 0 Å². The van der Waals surface area contributed by atoms with Crippen molar-refractivity contribution in [2.45, 2.75) is 59.5 Å². The summed E-state index contributed by atoms with van der Waals surface area (Å²) in [6.45, 7) is 12.2. The number of carbonyl (C=O) groups excluding carboxylic acids is 1. The number of nitrogens with zero attached hydrogens (tertiary/aromatic N) is 1.